The van der Waals surface area contributed by atoms with Crippen LogP contribution in [-0.4, -0.2) is 14.6 Å². The topological polar surface area (TPSA) is 56.2 Å². The standard InChI is InChI=1S/C11H10N4S/c1-7-2-3-8(6-9(7)12)10-13-14-11-15(10)4-5-16-11/h2-6H,12H2,1H3. The van der Waals surface area contributed by atoms with Crippen molar-refractivity contribution in [2.24, 2.45) is 0 Å². The van der Waals surface area contributed by atoms with Crippen molar-refractivity contribution in [1.82, 2.24) is 14.6 Å². The first kappa shape index (κ1) is 9.35. The number of thiazole rings is 1. The van der Waals surface area contributed by atoms with Crippen molar-refractivity contribution >= 4 is 22.0 Å². The Kier molecular flexibility index (Phi) is 1.94. The van der Waals surface area contributed by atoms with E-state index in [1.807, 2.05) is 41.1 Å². The van der Waals surface area contributed by atoms with Crippen molar-refractivity contribution in [1.29, 1.82) is 0 Å². The number of fused-ring (bicyclic) bond motifs is 1. The second-order valence-corrected chi connectivity index (χ2v) is 4.52. The summed E-state index contributed by atoms with van der Waals surface area (Å²) < 4.78 is 1.97. The number of nitrogen functional groups attached to an aromatic ring is 1. The normalized spacial score (nSPS) is 11.1. The van der Waals surface area contributed by atoms with Crippen molar-refractivity contribution in [3.8, 4) is 11.4 Å². The molecule has 0 radical (unpaired) electrons. The fraction of sp³-hybridized carbons (Fsp3) is 0.0909. The fourth-order valence-electron chi connectivity index (χ4n) is 1.62. The van der Waals surface area contributed by atoms with Gasteiger partial charge in [0, 0.05) is 22.8 Å². The largest absolute Gasteiger partial charge is 0.398 e. The van der Waals surface area contributed by atoms with Crippen LogP contribution in [0.2, 0.25) is 0 Å². The van der Waals surface area contributed by atoms with Gasteiger partial charge in [0.15, 0.2) is 5.82 Å². The molecule has 0 unspecified atom stereocenters. The average Bonchev–Trinajstić information content (AvgIpc) is 2.83. The summed E-state index contributed by atoms with van der Waals surface area (Å²) in [5.74, 6) is 0.836. The van der Waals surface area contributed by atoms with Gasteiger partial charge < -0.3 is 5.73 Å². The molecular weight excluding hydrogens is 220 g/mol. The molecule has 0 atom stereocenters. The molecule has 0 fully saturated rings. The predicted molar refractivity (Wildman–Crippen MR) is 65.4 cm³/mol. The lowest BCUT2D eigenvalue weighted by Gasteiger charge is -2.02. The Morgan fingerprint density at radius 2 is 2.19 bits per heavy atom. The molecule has 2 aromatic heterocycles. The summed E-state index contributed by atoms with van der Waals surface area (Å²) in [6, 6.07) is 5.95. The molecule has 0 amide bonds. The Hall–Kier alpha value is -1.88. The summed E-state index contributed by atoms with van der Waals surface area (Å²) in [4.78, 5) is 0.897. The molecule has 80 valence electrons. The number of aryl methyl sites for hydroxylation is 1. The minimum Gasteiger partial charge on any atom is -0.398 e. The minimum absolute atomic E-state index is 0.782. The number of aromatic nitrogens is 3. The number of nitrogens with two attached hydrogens (primary N) is 1. The zero-order chi connectivity index (χ0) is 11.1. The van der Waals surface area contributed by atoms with E-state index in [-0.39, 0.29) is 0 Å². The van der Waals surface area contributed by atoms with Crippen molar-refractivity contribution in [3.05, 3.63) is 35.3 Å². The molecular formula is C11H10N4S. The van der Waals surface area contributed by atoms with Gasteiger partial charge in [0.25, 0.3) is 0 Å². The van der Waals surface area contributed by atoms with Gasteiger partial charge in [-0.15, -0.1) is 21.5 Å². The van der Waals surface area contributed by atoms with Crippen LogP contribution in [0.4, 0.5) is 5.69 Å². The third-order valence-corrected chi connectivity index (χ3v) is 3.33. The predicted octanol–water partition coefficient (Wildman–Crippen LogP) is 2.35. The van der Waals surface area contributed by atoms with Crippen LogP contribution < -0.4 is 5.73 Å². The average molecular weight is 230 g/mol. The van der Waals surface area contributed by atoms with Crippen LogP contribution in [0, 0.1) is 6.92 Å². The molecule has 2 N–H and O–H groups in total. The second-order valence-electron chi connectivity index (χ2n) is 3.65. The minimum atomic E-state index is 0.782. The molecule has 0 saturated carbocycles. The zero-order valence-electron chi connectivity index (χ0n) is 8.71. The molecule has 3 rings (SSSR count). The smallest absolute Gasteiger partial charge is 0.216 e. The van der Waals surface area contributed by atoms with Gasteiger partial charge in [-0.1, -0.05) is 12.1 Å². The molecule has 0 spiro atoms. The molecule has 1 aromatic carbocycles. The van der Waals surface area contributed by atoms with Crippen LogP contribution in [0.1, 0.15) is 5.56 Å². The molecule has 0 bridgehead atoms. The summed E-state index contributed by atoms with van der Waals surface area (Å²) in [7, 11) is 0. The van der Waals surface area contributed by atoms with Gasteiger partial charge in [-0.05, 0) is 18.6 Å². The first-order valence-electron chi connectivity index (χ1n) is 4.90. The number of hydrogen-bond acceptors (Lipinski definition) is 4. The van der Waals surface area contributed by atoms with Crippen LogP contribution in [0.3, 0.4) is 0 Å². The highest BCUT2D eigenvalue weighted by atomic mass is 32.1. The molecule has 5 heteroatoms. The van der Waals surface area contributed by atoms with Crippen LogP contribution in [0.15, 0.2) is 29.8 Å². The van der Waals surface area contributed by atoms with Gasteiger partial charge in [-0.25, -0.2) is 0 Å². The van der Waals surface area contributed by atoms with Gasteiger partial charge in [0.2, 0.25) is 4.96 Å². The zero-order valence-corrected chi connectivity index (χ0v) is 9.53. The monoisotopic (exact) mass is 230 g/mol. The van der Waals surface area contributed by atoms with E-state index in [1.54, 1.807) is 11.3 Å². The van der Waals surface area contributed by atoms with Crippen LogP contribution in [-0.2, 0) is 0 Å². The van der Waals surface area contributed by atoms with Gasteiger partial charge in [0.05, 0.1) is 0 Å². The number of nitrogens with zero attached hydrogens (tertiary/aromatic N) is 3. The third-order valence-electron chi connectivity index (χ3n) is 2.59. The first-order chi connectivity index (χ1) is 7.75. The van der Waals surface area contributed by atoms with E-state index < -0.39 is 0 Å². The quantitative estimate of drug-likeness (QED) is 0.653. The van der Waals surface area contributed by atoms with Crippen LogP contribution >= 0.6 is 11.3 Å². The highest BCUT2D eigenvalue weighted by Gasteiger charge is 2.09. The van der Waals surface area contributed by atoms with E-state index in [0.29, 0.717) is 0 Å². The molecule has 0 saturated heterocycles. The summed E-state index contributed by atoms with van der Waals surface area (Å²) in [5.41, 5.74) is 8.75. The van der Waals surface area contributed by atoms with Crippen molar-refractivity contribution in [2.45, 2.75) is 6.92 Å². The van der Waals surface area contributed by atoms with Crippen molar-refractivity contribution < 1.29 is 0 Å². The van der Waals surface area contributed by atoms with Crippen molar-refractivity contribution in [3.63, 3.8) is 0 Å². The lowest BCUT2D eigenvalue weighted by molar-refractivity contribution is 1.11. The van der Waals surface area contributed by atoms with E-state index in [0.717, 1.165) is 27.6 Å². The van der Waals surface area contributed by atoms with Gasteiger partial charge in [-0.3, -0.25) is 4.40 Å². The molecule has 16 heavy (non-hydrogen) atoms. The van der Waals surface area contributed by atoms with Crippen LogP contribution in [0.25, 0.3) is 16.3 Å². The lowest BCUT2D eigenvalue weighted by atomic mass is 10.1. The van der Waals surface area contributed by atoms with Gasteiger partial charge in [0.1, 0.15) is 0 Å². The fourth-order valence-corrected chi connectivity index (χ4v) is 2.27. The maximum atomic E-state index is 5.89. The van der Waals surface area contributed by atoms with E-state index >= 15 is 0 Å². The number of benzene rings is 1. The van der Waals surface area contributed by atoms with E-state index in [4.69, 9.17) is 5.73 Å². The summed E-state index contributed by atoms with van der Waals surface area (Å²) in [6.45, 7) is 1.99. The first-order valence-corrected chi connectivity index (χ1v) is 5.78. The van der Waals surface area contributed by atoms with Gasteiger partial charge >= 0.3 is 0 Å². The Bertz CT molecular complexity index is 653. The Morgan fingerprint density at radius 1 is 1.31 bits per heavy atom. The second kappa shape index (κ2) is 3.31. The molecule has 3 aromatic rings. The van der Waals surface area contributed by atoms with Crippen LogP contribution in [0.5, 0.6) is 0 Å². The lowest BCUT2D eigenvalue weighted by Crippen LogP contribution is -1.92. The van der Waals surface area contributed by atoms with E-state index in [1.165, 1.54) is 0 Å². The highest BCUT2D eigenvalue weighted by Crippen LogP contribution is 2.24. The molecule has 2 heterocycles. The number of anilines is 1. The molecule has 0 aliphatic carbocycles. The molecule has 0 aliphatic rings. The molecule has 0 aliphatic heterocycles. The van der Waals surface area contributed by atoms with E-state index in [2.05, 4.69) is 10.2 Å². The van der Waals surface area contributed by atoms with E-state index in [9.17, 15) is 0 Å². The maximum Gasteiger partial charge on any atom is 0.216 e. The summed E-state index contributed by atoms with van der Waals surface area (Å²) in [6.07, 6.45) is 1.96. The Morgan fingerprint density at radius 3 is 3.00 bits per heavy atom. The number of rotatable bonds is 1. The Labute approximate surface area is 96.4 Å². The molecule has 4 nitrogen and oxygen atoms in total. The SMILES string of the molecule is Cc1ccc(-c2nnc3sccn23)cc1N. The Balaban J connectivity index is 2.23. The number of hydrogen-bond donors (Lipinski definition) is 1. The maximum absolute atomic E-state index is 5.89. The van der Waals surface area contributed by atoms with Crippen molar-refractivity contribution in [2.75, 3.05) is 5.73 Å². The third kappa shape index (κ3) is 1.29. The summed E-state index contributed by atoms with van der Waals surface area (Å²) >= 11 is 1.57. The van der Waals surface area contributed by atoms with Gasteiger partial charge in [-0.2, -0.15) is 0 Å². The summed E-state index contributed by atoms with van der Waals surface area (Å²) in [5, 5.41) is 10.3. The highest BCUT2D eigenvalue weighted by molar-refractivity contribution is 7.15.